The van der Waals surface area contributed by atoms with Crippen LogP contribution >= 0.6 is 11.3 Å². The van der Waals surface area contributed by atoms with Gasteiger partial charge >= 0.3 is 0 Å². The summed E-state index contributed by atoms with van der Waals surface area (Å²) in [7, 11) is 0. The van der Waals surface area contributed by atoms with Crippen LogP contribution in [0.2, 0.25) is 0 Å². The Morgan fingerprint density at radius 2 is 1.81 bits per heavy atom. The van der Waals surface area contributed by atoms with Crippen LogP contribution in [-0.4, -0.2) is 15.5 Å². The lowest BCUT2D eigenvalue weighted by Crippen LogP contribution is -2.31. The number of fused-ring (bicyclic) bond motifs is 1. The molecular formula is C26H27N3O2S. The van der Waals surface area contributed by atoms with E-state index in [2.05, 4.69) is 48.4 Å². The third kappa shape index (κ3) is 4.65. The number of thiophene rings is 1. The van der Waals surface area contributed by atoms with Gasteiger partial charge < -0.3 is 5.32 Å². The average molecular weight is 446 g/mol. The fraction of sp³-hybridized carbons (Fsp3) is 0.269. The van der Waals surface area contributed by atoms with Crippen LogP contribution in [0.15, 0.2) is 71.1 Å². The first kappa shape index (κ1) is 22.0. The Kier molecular flexibility index (Phi) is 6.51. The molecule has 0 fully saturated rings. The third-order valence-electron chi connectivity index (χ3n) is 5.70. The second kappa shape index (κ2) is 9.49. The number of benzene rings is 2. The van der Waals surface area contributed by atoms with Crippen LogP contribution in [0.4, 0.5) is 0 Å². The van der Waals surface area contributed by atoms with Crippen LogP contribution in [0.1, 0.15) is 53.8 Å². The van der Waals surface area contributed by atoms with Gasteiger partial charge in [-0.3, -0.25) is 14.2 Å². The number of carbonyl (C=O) groups is 1. The van der Waals surface area contributed by atoms with Crippen molar-refractivity contribution in [1.29, 1.82) is 0 Å². The van der Waals surface area contributed by atoms with E-state index in [0.29, 0.717) is 16.8 Å². The van der Waals surface area contributed by atoms with Crippen molar-refractivity contribution < 1.29 is 4.79 Å². The first-order valence-electron chi connectivity index (χ1n) is 10.8. The molecule has 4 rings (SSSR count). The van der Waals surface area contributed by atoms with Crippen LogP contribution in [0, 0.1) is 6.92 Å². The molecular weight excluding hydrogens is 418 g/mol. The van der Waals surface area contributed by atoms with Gasteiger partial charge in [-0.2, -0.15) is 0 Å². The van der Waals surface area contributed by atoms with Gasteiger partial charge in [-0.15, -0.1) is 11.3 Å². The van der Waals surface area contributed by atoms with E-state index < -0.39 is 0 Å². The smallest absolute Gasteiger partial charge is 0.261 e. The molecule has 1 atom stereocenters. The molecule has 2 aromatic carbocycles. The number of aromatic nitrogens is 2. The second-order valence-electron chi connectivity index (χ2n) is 8.30. The van der Waals surface area contributed by atoms with E-state index in [4.69, 9.17) is 0 Å². The molecule has 0 saturated heterocycles. The van der Waals surface area contributed by atoms with Gasteiger partial charge in [0.2, 0.25) is 5.91 Å². The summed E-state index contributed by atoms with van der Waals surface area (Å²) < 4.78 is 1.51. The molecule has 32 heavy (non-hydrogen) atoms. The zero-order valence-corrected chi connectivity index (χ0v) is 19.4. The first-order chi connectivity index (χ1) is 15.4. The van der Waals surface area contributed by atoms with Crippen molar-refractivity contribution >= 4 is 28.1 Å². The number of nitrogens with one attached hydrogen (secondary N) is 1. The molecule has 2 aromatic heterocycles. The number of aryl methyl sites for hydroxylation is 2. The van der Waals surface area contributed by atoms with Gasteiger partial charge in [0.1, 0.15) is 0 Å². The van der Waals surface area contributed by atoms with Gasteiger partial charge in [0.25, 0.3) is 5.56 Å². The lowest BCUT2D eigenvalue weighted by Gasteiger charge is -2.19. The molecule has 1 unspecified atom stereocenters. The van der Waals surface area contributed by atoms with Crippen molar-refractivity contribution in [3.63, 3.8) is 0 Å². The van der Waals surface area contributed by atoms with Crippen LogP contribution in [0.3, 0.4) is 0 Å². The molecule has 0 spiro atoms. The van der Waals surface area contributed by atoms with Crippen LogP contribution in [-0.2, 0) is 11.3 Å². The summed E-state index contributed by atoms with van der Waals surface area (Å²) >= 11 is 1.62. The summed E-state index contributed by atoms with van der Waals surface area (Å²) in [4.78, 5) is 31.2. The predicted octanol–water partition coefficient (Wildman–Crippen LogP) is 5.19. The highest BCUT2D eigenvalue weighted by molar-refractivity contribution is 7.10. The van der Waals surface area contributed by atoms with Crippen molar-refractivity contribution in [2.24, 2.45) is 0 Å². The molecule has 6 heteroatoms. The highest BCUT2D eigenvalue weighted by Gasteiger charge is 2.18. The van der Waals surface area contributed by atoms with Crippen LogP contribution in [0.5, 0.6) is 0 Å². The van der Waals surface area contributed by atoms with Gasteiger partial charge in [0.05, 0.1) is 23.3 Å². The molecule has 0 bridgehead atoms. The Morgan fingerprint density at radius 3 is 2.50 bits per heavy atom. The summed E-state index contributed by atoms with van der Waals surface area (Å²) in [5.74, 6) is 0.351. The number of amides is 1. The second-order valence-corrected chi connectivity index (χ2v) is 9.28. The van der Waals surface area contributed by atoms with E-state index in [0.717, 1.165) is 16.0 Å². The Bertz CT molecular complexity index is 1270. The first-order valence-corrected chi connectivity index (χ1v) is 11.7. The molecule has 2 heterocycles. The summed E-state index contributed by atoms with van der Waals surface area (Å²) in [5.41, 5.74) is 3.87. The number of rotatable bonds is 7. The van der Waals surface area contributed by atoms with E-state index in [1.165, 1.54) is 16.5 Å². The monoisotopic (exact) mass is 445 g/mol. The lowest BCUT2D eigenvalue weighted by molar-refractivity contribution is -0.121. The highest BCUT2D eigenvalue weighted by Crippen LogP contribution is 2.27. The van der Waals surface area contributed by atoms with Gasteiger partial charge in [-0.05, 0) is 47.0 Å². The van der Waals surface area contributed by atoms with E-state index >= 15 is 0 Å². The Balaban J connectivity index is 1.50. The van der Waals surface area contributed by atoms with Gasteiger partial charge in [0, 0.05) is 17.8 Å². The zero-order chi connectivity index (χ0) is 22.7. The Labute approximate surface area is 191 Å². The van der Waals surface area contributed by atoms with Crippen molar-refractivity contribution in [2.45, 2.75) is 45.7 Å². The van der Waals surface area contributed by atoms with E-state index in [-0.39, 0.29) is 30.5 Å². The SMILES string of the molecule is Cc1cccc2c(=O)n(CCC(=O)NC(c3ccc(C(C)C)cc3)c3cccs3)cnc12. The number of nitrogens with zero attached hydrogens (tertiary/aromatic N) is 2. The number of carbonyl (C=O) groups excluding carboxylic acids is 1. The molecule has 5 nitrogen and oxygen atoms in total. The van der Waals surface area contributed by atoms with Gasteiger partial charge in [-0.25, -0.2) is 4.98 Å². The quantitative estimate of drug-likeness (QED) is 0.426. The fourth-order valence-corrected chi connectivity index (χ4v) is 4.60. The average Bonchev–Trinajstić information content (AvgIpc) is 3.32. The summed E-state index contributed by atoms with van der Waals surface area (Å²) in [6, 6.07) is 17.8. The molecule has 0 aliphatic heterocycles. The van der Waals surface area contributed by atoms with Crippen molar-refractivity contribution in [3.8, 4) is 0 Å². The summed E-state index contributed by atoms with van der Waals surface area (Å²) in [5, 5.41) is 5.75. The van der Waals surface area contributed by atoms with E-state index in [1.54, 1.807) is 17.4 Å². The molecule has 1 amide bonds. The molecule has 0 radical (unpaired) electrons. The number of hydrogen-bond donors (Lipinski definition) is 1. The fourth-order valence-electron chi connectivity index (χ4n) is 3.80. The maximum Gasteiger partial charge on any atom is 0.261 e. The Morgan fingerprint density at radius 1 is 1.06 bits per heavy atom. The third-order valence-corrected chi connectivity index (χ3v) is 6.64. The Hall–Kier alpha value is -3.25. The zero-order valence-electron chi connectivity index (χ0n) is 18.5. The number of hydrogen-bond acceptors (Lipinski definition) is 4. The molecule has 0 aliphatic carbocycles. The van der Waals surface area contributed by atoms with Crippen molar-refractivity contribution in [3.05, 3.63) is 98.2 Å². The van der Waals surface area contributed by atoms with Gasteiger partial charge in [0.15, 0.2) is 0 Å². The highest BCUT2D eigenvalue weighted by atomic mass is 32.1. The minimum absolute atomic E-state index is 0.104. The predicted molar refractivity (Wildman–Crippen MR) is 130 cm³/mol. The molecule has 4 aromatic rings. The number of para-hydroxylation sites is 1. The van der Waals surface area contributed by atoms with E-state index in [1.807, 2.05) is 36.6 Å². The molecule has 0 saturated carbocycles. The van der Waals surface area contributed by atoms with Crippen LogP contribution in [0.25, 0.3) is 10.9 Å². The maximum absolute atomic E-state index is 12.9. The minimum Gasteiger partial charge on any atom is -0.344 e. The van der Waals surface area contributed by atoms with Crippen molar-refractivity contribution in [1.82, 2.24) is 14.9 Å². The summed E-state index contributed by atoms with van der Waals surface area (Å²) in [6.07, 6.45) is 1.73. The largest absolute Gasteiger partial charge is 0.344 e. The van der Waals surface area contributed by atoms with Gasteiger partial charge in [-0.1, -0.05) is 56.3 Å². The van der Waals surface area contributed by atoms with E-state index in [9.17, 15) is 9.59 Å². The standard InChI is InChI=1S/C26H27N3O2S/c1-17(2)19-9-11-20(12-10-19)25(22-8-5-15-32-22)28-23(30)13-14-29-16-27-24-18(3)6-4-7-21(24)26(29)31/h4-12,15-17,25H,13-14H2,1-3H3,(H,28,30). The molecule has 164 valence electrons. The normalized spacial score (nSPS) is 12.2. The topological polar surface area (TPSA) is 64.0 Å². The summed E-state index contributed by atoms with van der Waals surface area (Å²) in [6.45, 7) is 6.55. The van der Waals surface area contributed by atoms with Crippen LogP contribution < -0.4 is 10.9 Å². The maximum atomic E-state index is 12.9. The molecule has 0 aliphatic rings. The van der Waals surface area contributed by atoms with Crippen molar-refractivity contribution in [2.75, 3.05) is 0 Å². The molecule has 1 N–H and O–H groups in total. The minimum atomic E-state index is -0.210. The lowest BCUT2D eigenvalue weighted by atomic mass is 9.98.